The van der Waals surface area contributed by atoms with E-state index in [0.717, 1.165) is 67.4 Å². The van der Waals surface area contributed by atoms with Crippen molar-refractivity contribution in [1.82, 2.24) is 19.0 Å². The van der Waals surface area contributed by atoms with Crippen LogP contribution in [0.5, 0.6) is 0 Å². The van der Waals surface area contributed by atoms with Crippen molar-refractivity contribution in [2.24, 2.45) is 5.92 Å². The van der Waals surface area contributed by atoms with E-state index in [1.807, 2.05) is 29.4 Å². The number of imidazole rings is 1. The summed E-state index contributed by atoms with van der Waals surface area (Å²) >= 11 is 0. The van der Waals surface area contributed by atoms with Gasteiger partial charge in [-0.2, -0.15) is 0 Å². The summed E-state index contributed by atoms with van der Waals surface area (Å²) in [4.78, 5) is 21.7. The Bertz CT molecular complexity index is 1430. The number of hydrogen-bond acceptors (Lipinski definition) is 3. The molecule has 35 heavy (non-hydrogen) atoms. The molecule has 7 rings (SSSR count). The monoisotopic (exact) mass is 467 g/mol. The van der Waals surface area contributed by atoms with Crippen LogP contribution < -0.4 is 4.90 Å². The molecule has 1 amide bonds. The van der Waals surface area contributed by atoms with E-state index in [0.29, 0.717) is 12.5 Å². The summed E-state index contributed by atoms with van der Waals surface area (Å²) in [5.41, 5.74) is 6.56. The molecule has 1 atom stereocenters. The Morgan fingerprint density at radius 2 is 1.86 bits per heavy atom. The maximum absolute atomic E-state index is 13.5. The van der Waals surface area contributed by atoms with Gasteiger partial charge in [-0.05, 0) is 60.4 Å². The zero-order valence-corrected chi connectivity index (χ0v) is 19.4. The lowest BCUT2D eigenvalue weighted by atomic mass is 10.0. The maximum atomic E-state index is 13.5. The Hall–Kier alpha value is -3.87. The Kier molecular flexibility index (Phi) is 4.59. The van der Waals surface area contributed by atoms with Crippen LogP contribution in [0.4, 0.5) is 10.1 Å². The smallest absolute Gasteiger partial charge is 0.227 e. The van der Waals surface area contributed by atoms with Gasteiger partial charge in [-0.1, -0.05) is 12.1 Å². The van der Waals surface area contributed by atoms with Crippen LogP contribution in [0.3, 0.4) is 0 Å². The maximum Gasteiger partial charge on any atom is 0.227 e. The van der Waals surface area contributed by atoms with E-state index < -0.39 is 0 Å². The number of benzene rings is 2. The summed E-state index contributed by atoms with van der Waals surface area (Å²) in [5, 5.41) is 0. The third kappa shape index (κ3) is 3.37. The molecule has 2 fully saturated rings. The van der Waals surface area contributed by atoms with Crippen LogP contribution in [0.2, 0.25) is 0 Å². The summed E-state index contributed by atoms with van der Waals surface area (Å²) in [6.45, 7) is 4.24. The molecule has 0 N–H and O–H groups in total. The van der Waals surface area contributed by atoms with Gasteiger partial charge in [0.05, 0.1) is 17.3 Å². The lowest BCUT2D eigenvalue weighted by Crippen LogP contribution is -2.45. The molecule has 176 valence electrons. The van der Waals surface area contributed by atoms with Crippen LogP contribution in [0.1, 0.15) is 18.4 Å². The van der Waals surface area contributed by atoms with Gasteiger partial charge in [0.1, 0.15) is 5.82 Å². The van der Waals surface area contributed by atoms with Gasteiger partial charge in [-0.3, -0.25) is 9.36 Å². The normalized spacial score (nSPS) is 18.5. The van der Waals surface area contributed by atoms with Crippen molar-refractivity contribution in [3.05, 3.63) is 78.5 Å². The first-order chi connectivity index (χ1) is 17.1. The van der Waals surface area contributed by atoms with E-state index in [-0.39, 0.29) is 11.7 Å². The van der Waals surface area contributed by atoms with E-state index in [4.69, 9.17) is 0 Å². The summed E-state index contributed by atoms with van der Waals surface area (Å²) in [6.07, 6.45) is 8.01. The van der Waals surface area contributed by atoms with Crippen LogP contribution in [0, 0.1) is 11.7 Å². The van der Waals surface area contributed by atoms with E-state index in [1.54, 1.807) is 0 Å². The molecule has 2 saturated heterocycles. The highest BCUT2D eigenvalue weighted by atomic mass is 19.1. The van der Waals surface area contributed by atoms with Crippen molar-refractivity contribution in [1.29, 1.82) is 0 Å². The van der Waals surface area contributed by atoms with Crippen molar-refractivity contribution < 1.29 is 9.18 Å². The van der Waals surface area contributed by atoms with E-state index in [1.165, 1.54) is 23.4 Å². The minimum Gasteiger partial charge on any atom is -0.371 e. The number of carbonyl (C=O) groups is 1. The molecule has 1 unspecified atom stereocenters. The first-order valence-corrected chi connectivity index (χ1v) is 12.3. The number of likely N-dealkylation sites (tertiary alicyclic amines) is 1. The number of aromatic nitrogens is 3. The van der Waals surface area contributed by atoms with Crippen molar-refractivity contribution in [2.75, 3.05) is 31.1 Å². The predicted molar refractivity (Wildman–Crippen MR) is 133 cm³/mol. The molecule has 6 nitrogen and oxygen atoms in total. The van der Waals surface area contributed by atoms with Gasteiger partial charge in [0.25, 0.3) is 0 Å². The lowest BCUT2D eigenvalue weighted by Gasteiger charge is -2.33. The molecule has 0 saturated carbocycles. The van der Waals surface area contributed by atoms with Crippen molar-refractivity contribution in [2.45, 2.75) is 19.4 Å². The zero-order valence-electron chi connectivity index (χ0n) is 19.4. The highest BCUT2D eigenvalue weighted by Gasteiger charge is 2.34. The highest BCUT2D eigenvalue weighted by Crippen LogP contribution is 2.36. The fourth-order valence-electron chi connectivity index (χ4n) is 5.62. The van der Waals surface area contributed by atoms with Gasteiger partial charge < -0.3 is 14.4 Å². The Labute approximate surface area is 203 Å². The minimum atomic E-state index is -0.234. The molecule has 2 aromatic heterocycles. The Balaban J connectivity index is 1.22. The lowest BCUT2D eigenvalue weighted by molar-refractivity contribution is -0.138. The standard InChI is InChI=1S/C28H26FN5O/c29-23-4-2-19(3-5-23)21-15-26-27-30-9-13-34(27)25-7-6-24(14-22(25)18-33(26)17-21)32-12-8-20(16-32)28(35)31-10-1-11-31/h2-7,9,13-15,17,20H,1,8,10-12,16,18H2. The summed E-state index contributed by atoms with van der Waals surface area (Å²) < 4.78 is 17.8. The number of anilines is 1. The van der Waals surface area contributed by atoms with Crippen molar-refractivity contribution in [3.8, 4) is 28.3 Å². The highest BCUT2D eigenvalue weighted by molar-refractivity contribution is 5.81. The fourth-order valence-corrected chi connectivity index (χ4v) is 5.62. The van der Waals surface area contributed by atoms with Gasteiger partial charge in [0.15, 0.2) is 5.82 Å². The van der Waals surface area contributed by atoms with Crippen LogP contribution in [0.25, 0.3) is 28.3 Å². The van der Waals surface area contributed by atoms with E-state index in [2.05, 4.69) is 49.5 Å². The molecule has 2 aromatic carbocycles. The predicted octanol–water partition coefficient (Wildman–Crippen LogP) is 4.57. The molecule has 3 aliphatic rings. The summed E-state index contributed by atoms with van der Waals surface area (Å²) in [5.74, 6) is 1.08. The SMILES string of the molecule is O=C(C1CCN(c2ccc3c(c2)Cn2cc(-c4ccc(F)cc4)cc2-c2nccn2-3)C1)N1CCC1. The quantitative estimate of drug-likeness (QED) is 0.391. The average molecular weight is 468 g/mol. The molecule has 3 aliphatic heterocycles. The third-order valence-corrected chi connectivity index (χ3v) is 7.68. The molecular formula is C28H26FN5O. The first kappa shape index (κ1) is 20.5. The Morgan fingerprint density at radius 3 is 2.66 bits per heavy atom. The van der Waals surface area contributed by atoms with Gasteiger partial charge in [0.2, 0.25) is 5.91 Å². The number of carbonyl (C=O) groups excluding carboxylic acids is 1. The second-order valence-electron chi connectivity index (χ2n) is 9.79. The van der Waals surface area contributed by atoms with Crippen molar-refractivity contribution in [3.63, 3.8) is 0 Å². The molecule has 0 spiro atoms. The van der Waals surface area contributed by atoms with Gasteiger partial charge in [-0.15, -0.1) is 0 Å². The molecule has 4 aromatic rings. The topological polar surface area (TPSA) is 46.3 Å². The number of hydrogen-bond donors (Lipinski definition) is 0. The van der Waals surface area contributed by atoms with Crippen LogP contribution >= 0.6 is 0 Å². The molecule has 0 bridgehead atoms. The number of halogens is 1. The number of amides is 1. The van der Waals surface area contributed by atoms with Crippen LogP contribution in [-0.2, 0) is 11.3 Å². The molecule has 0 radical (unpaired) electrons. The zero-order chi connectivity index (χ0) is 23.5. The molecular weight excluding hydrogens is 441 g/mol. The minimum absolute atomic E-state index is 0.101. The molecule has 5 heterocycles. The van der Waals surface area contributed by atoms with Gasteiger partial charge in [-0.25, -0.2) is 9.37 Å². The second-order valence-corrected chi connectivity index (χ2v) is 9.79. The second kappa shape index (κ2) is 7.83. The number of nitrogens with zero attached hydrogens (tertiary/aromatic N) is 5. The van der Waals surface area contributed by atoms with E-state index >= 15 is 0 Å². The van der Waals surface area contributed by atoms with Crippen molar-refractivity contribution >= 4 is 11.6 Å². The van der Waals surface area contributed by atoms with E-state index in [9.17, 15) is 9.18 Å². The van der Waals surface area contributed by atoms with Crippen LogP contribution in [-0.4, -0.2) is 51.1 Å². The first-order valence-electron chi connectivity index (χ1n) is 12.3. The Morgan fingerprint density at radius 1 is 1.00 bits per heavy atom. The largest absolute Gasteiger partial charge is 0.371 e. The summed E-state index contributed by atoms with van der Waals surface area (Å²) in [7, 11) is 0. The van der Waals surface area contributed by atoms with Gasteiger partial charge >= 0.3 is 0 Å². The van der Waals surface area contributed by atoms with Gasteiger partial charge in [0, 0.05) is 62.6 Å². The summed E-state index contributed by atoms with van der Waals surface area (Å²) in [6, 6.07) is 15.4. The number of fused-ring (bicyclic) bond motifs is 5. The average Bonchev–Trinajstić information content (AvgIpc) is 3.57. The fraction of sp³-hybridized carbons (Fsp3) is 0.286. The molecule has 0 aliphatic carbocycles. The van der Waals surface area contributed by atoms with Crippen LogP contribution in [0.15, 0.2) is 67.1 Å². The molecule has 7 heteroatoms. The third-order valence-electron chi connectivity index (χ3n) is 7.68. The number of rotatable bonds is 3.